The molecular formula is C17H20N6OS. The third-order valence-corrected chi connectivity index (χ3v) is 5.41. The van der Waals surface area contributed by atoms with Crippen LogP contribution in [0.25, 0.3) is 11.5 Å². The van der Waals surface area contributed by atoms with Crippen LogP contribution in [0.15, 0.2) is 33.9 Å². The minimum atomic E-state index is 0.416. The average Bonchev–Trinajstić information content (AvgIpc) is 3.31. The Morgan fingerprint density at radius 2 is 1.96 bits per heavy atom. The Hall–Kier alpha value is -2.22. The molecule has 0 spiro atoms. The van der Waals surface area contributed by atoms with Crippen LogP contribution in [0.4, 0.5) is 0 Å². The normalized spacial score (nSPS) is 15.6. The predicted molar refractivity (Wildman–Crippen MR) is 94.0 cm³/mol. The molecule has 2 aromatic heterocycles. The van der Waals surface area contributed by atoms with Crippen molar-refractivity contribution in [2.45, 2.75) is 56.0 Å². The summed E-state index contributed by atoms with van der Waals surface area (Å²) in [5.74, 6) is 1.78. The molecule has 7 nitrogen and oxygen atoms in total. The van der Waals surface area contributed by atoms with Crippen molar-refractivity contribution in [3.8, 4) is 11.5 Å². The van der Waals surface area contributed by atoms with E-state index in [1.54, 1.807) is 11.8 Å². The minimum absolute atomic E-state index is 0.416. The molecule has 8 heteroatoms. The summed E-state index contributed by atoms with van der Waals surface area (Å²) >= 11 is 1.55. The molecule has 1 aliphatic carbocycles. The van der Waals surface area contributed by atoms with Crippen LogP contribution in [0.2, 0.25) is 0 Å². The van der Waals surface area contributed by atoms with Crippen LogP contribution < -0.4 is 0 Å². The number of aromatic nitrogens is 6. The van der Waals surface area contributed by atoms with Gasteiger partial charge in [-0.25, -0.2) is 4.68 Å². The Balaban J connectivity index is 1.42. The van der Waals surface area contributed by atoms with Gasteiger partial charge in [0.1, 0.15) is 0 Å². The molecule has 0 bridgehead atoms. The smallest absolute Gasteiger partial charge is 0.257 e. The van der Waals surface area contributed by atoms with Gasteiger partial charge in [-0.05, 0) is 42.3 Å². The molecule has 1 aliphatic rings. The maximum absolute atomic E-state index is 5.37. The van der Waals surface area contributed by atoms with Crippen LogP contribution >= 0.6 is 11.8 Å². The third kappa shape index (κ3) is 3.73. The summed E-state index contributed by atoms with van der Waals surface area (Å²) in [6.45, 7) is 2.05. The zero-order valence-electron chi connectivity index (χ0n) is 14.1. The van der Waals surface area contributed by atoms with Crippen molar-refractivity contribution in [3.63, 3.8) is 0 Å². The van der Waals surface area contributed by atoms with E-state index in [-0.39, 0.29) is 0 Å². The van der Waals surface area contributed by atoms with Gasteiger partial charge in [0.15, 0.2) is 5.82 Å². The molecule has 1 fully saturated rings. The number of thioether (sulfide) groups is 1. The van der Waals surface area contributed by atoms with E-state index in [0.29, 0.717) is 23.5 Å². The largest absolute Gasteiger partial charge is 0.334 e. The van der Waals surface area contributed by atoms with Crippen LogP contribution in [0.3, 0.4) is 0 Å². The summed E-state index contributed by atoms with van der Waals surface area (Å²) in [5, 5.41) is 17.1. The van der Waals surface area contributed by atoms with Crippen LogP contribution in [0, 0.1) is 6.92 Å². The van der Waals surface area contributed by atoms with E-state index in [4.69, 9.17) is 4.52 Å². The molecule has 2 heterocycles. The van der Waals surface area contributed by atoms with Gasteiger partial charge in [0, 0.05) is 5.56 Å². The fourth-order valence-electron chi connectivity index (χ4n) is 3.09. The number of hydrogen-bond donors (Lipinski definition) is 0. The van der Waals surface area contributed by atoms with E-state index in [9.17, 15) is 0 Å². The van der Waals surface area contributed by atoms with Gasteiger partial charge in [-0.15, -0.1) is 5.10 Å². The topological polar surface area (TPSA) is 82.5 Å². The molecule has 3 aromatic rings. The SMILES string of the molecule is Cc1ccc(-c2nc(CSc3nnnn3C3CCCCC3)no2)cc1. The standard InChI is InChI=1S/C17H20N6OS/c1-12-7-9-13(10-8-12)16-18-15(20-24-16)11-25-17-19-21-22-23(17)14-5-3-2-4-6-14/h7-10,14H,2-6,11H2,1H3. The monoisotopic (exact) mass is 356 g/mol. The lowest BCUT2D eigenvalue weighted by atomic mass is 9.96. The molecule has 0 saturated heterocycles. The van der Waals surface area contributed by atoms with Crippen LogP contribution in [0.1, 0.15) is 49.5 Å². The first-order chi connectivity index (χ1) is 12.3. The van der Waals surface area contributed by atoms with E-state index in [2.05, 4.69) is 32.6 Å². The van der Waals surface area contributed by atoms with E-state index in [1.807, 2.05) is 28.9 Å². The molecule has 0 radical (unpaired) electrons. The Bertz CT molecular complexity index is 822. The number of hydrogen-bond acceptors (Lipinski definition) is 7. The van der Waals surface area contributed by atoms with Crippen LogP contribution in [-0.4, -0.2) is 30.3 Å². The number of aryl methyl sites for hydroxylation is 1. The first kappa shape index (κ1) is 16.3. The first-order valence-corrected chi connectivity index (χ1v) is 9.58. The molecule has 130 valence electrons. The maximum Gasteiger partial charge on any atom is 0.257 e. The Morgan fingerprint density at radius 1 is 1.16 bits per heavy atom. The van der Waals surface area contributed by atoms with Crippen LogP contribution in [0.5, 0.6) is 0 Å². The zero-order valence-corrected chi connectivity index (χ0v) is 14.9. The van der Waals surface area contributed by atoms with Gasteiger partial charge in [0.25, 0.3) is 5.89 Å². The fourth-order valence-corrected chi connectivity index (χ4v) is 3.88. The summed E-state index contributed by atoms with van der Waals surface area (Å²) in [7, 11) is 0. The summed E-state index contributed by atoms with van der Waals surface area (Å²) in [6.07, 6.45) is 6.11. The quantitative estimate of drug-likeness (QED) is 0.642. The lowest BCUT2D eigenvalue weighted by Gasteiger charge is -2.21. The second kappa shape index (κ2) is 7.35. The summed E-state index contributed by atoms with van der Waals surface area (Å²) < 4.78 is 7.34. The lowest BCUT2D eigenvalue weighted by Crippen LogP contribution is -2.15. The molecule has 0 unspecified atom stereocenters. The molecular weight excluding hydrogens is 336 g/mol. The van der Waals surface area contributed by atoms with Crippen molar-refractivity contribution in [2.24, 2.45) is 0 Å². The summed E-state index contributed by atoms with van der Waals surface area (Å²) in [6, 6.07) is 8.46. The highest BCUT2D eigenvalue weighted by Crippen LogP contribution is 2.31. The predicted octanol–water partition coefficient (Wildman–Crippen LogP) is 3.83. The average molecular weight is 356 g/mol. The van der Waals surface area contributed by atoms with Gasteiger partial charge in [0.05, 0.1) is 11.8 Å². The van der Waals surface area contributed by atoms with Crippen LogP contribution in [-0.2, 0) is 5.75 Å². The zero-order chi connectivity index (χ0) is 17.1. The molecule has 0 N–H and O–H groups in total. The molecule has 25 heavy (non-hydrogen) atoms. The van der Waals surface area contributed by atoms with Gasteiger partial charge < -0.3 is 4.52 Å². The van der Waals surface area contributed by atoms with Crippen molar-refractivity contribution in [3.05, 3.63) is 35.7 Å². The van der Waals surface area contributed by atoms with Gasteiger partial charge in [-0.2, -0.15) is 4.98 Å². The maximum atomic E-state index is 5.37. The van der Waals surface area contributed by atoms with Crippen molar-refractivity contribution in [2.75, 3.05) is 0 Å². The number of rotatable bonds is 5. The minimum Gasteiger partial charge on any atom is -0.334 e. The number of tetrazole rings is 1. The van der Waals surface area contributed by atoms with E-state index >= 15 is 0 Å². The van der Waals surface area contributed by atoms with Gasteiger partial charge in [-0.1, -0.05) is 53.9 Å². The number of benzene rings is 1. The van der Waals surface area contributed by atoms with Gasteiger partial charge in [-0.3, -0.25) is 0 Å². The first-order valence-electron chi connectivity index (χ1n) is 8.60. The van der Waals surface area contributed by atoms with Crippen molar-refractivity contribution in [1.82, 2.24) is 30.3 Å². The number of nitrogens with zero attached hydrogens (tertiary/aromatic N) is 6. The summed E-state index contributed by atoms with van der Waals surface area (Å²) in [5.41, 5.74) is 2.13. The molecule has 1 saturated carbocycles. The Kier molecular flexibility index (Phi) is 4.78. The Morgan fingerprint density at radius 3 is 2.76 bits per heavy atom. The van der Waals surface area contributed by atoms with E-state index in [1.165, 1.54) is 24.8 Å². The molecule has 0 atom stereocenters. The highest BCUT2D eigenvalue weighted by molar-refractivity contribution is 7.98. The molecule has 4 rings (SSSR count). The summed E-state index contributed by atoms with van der Waals surface area (Å²) in [4.78, 5) is 4.48. The lowest BCUT2D eigenvalue weighted by molar-refractivity contribution is 0.307. The van der Waals surface area contributed by atoms with E-state index in [0.717, 1.165) is 23.6 Å². The fraction of sp³-hybridized carbons (Fsp3) is 0.471. The van der Waals surface area contributed by atoms with Crippen molar-refractivity contribution >= 4 is 11.8 Å². The molecule has 0 aliphatic heterocycles. The third-order valence-electron chi connectivity index (χ3n) is 4.48. The second-order valence-corrected chi connectivity index (χ2v) is 7.31. The van der Waals surface area contributed by atoms with Gasteiger partial charge >= 0.3 is 0 Å². The molecule has 1 aromatic carbocycles. The highest BCUT2D eigenvalue weighted by Gasteiger charge is 2.20. The van der Waals surface area contributed by atoms with Gasteiger partial charge in [0.2, 0.25) is 5.16 Å². The molecule has 0 amide bonds. The second-order valence-electron chi connectivity index (χ2n) is 6.37. The van der Waals surface area contributed by atoms with E-state index < -0.39 is 0 Å². The highest BCUT2D eigenvalue weighted by atomic mass is 32.2. The van der Waals surface area contributed by atoms with Crippen molar-refractivity contribution < 1.29 is 4.52 Å². The Labute approximate surface area is 150 Å². The van der Waals surface area contributed by atoms with Crippen molar-refractivity contribution in [1.29, 1.82) is 0 Å².